The first kappa shape index (κ1) is 17.9. The van der Waals surface area contributed by atoms with Gasteiger partial charge in [0, 0.05) is 23.5 Å². The minimum atomic E-state index is -0.689. The predicted molar refractivity (Wildman–Crippen MR) is 104 cm³/mol. The molecule has 0 saturated heterocycles. The third kappa shape index (κ3) is 3.39. The van der Waals surface area contributed by atoms with Crippen LogP contribution >= 0.6 is 11.3 Å². The van der Waals surface area contributed by atoms with Crippen molar-refractivity contribution in [1.29, 1.82) is 0 Å². The Morgan fingerprint density at radius 2 is 2.15 bits per heavy atom. The van der Waals surface area contributed by atoms with E-state index in [1.54, 1.807) is 47.4 Å². The lowest BCUT2D eigenvalue weighted by Crippen LogP contribution is -2.36. The van der Waals surface area contributed by atoms with E-state index >= 15 is 0 Å². The Balaban J connectivity index is 2.01. The zero-order chi connectivity index (χ0) is 18.7. The molecule has 1 amide bonds. The van der Waals surface area contributed by atoms with Crippen molar-refractivity contribution in [3.63, 3.8) is 0 Å². The van der Waals surface area contributed by atoms with Crippen LogP contribution in [-0.4, -0.2) is 26.9 Å². The lowest BCUT2D eigenvalue weighted by Gasteiger charge is -2.21. The number of carbonyl (C=O) groups is 1. The van der Waals surface area contributed by atoms with Crippen molar-refractivity contribution in [3.8, 4) is 0 Å². The van der Waals surface area contributed by atoms with Gasteiger partial charge in [0.25, 0.3) is 5.91 Å². The highest BCUT2D eigenvalue weighted by Crippen LogP contribution is 2.17. The lowest BCUT2D eigenvalue weighted by atomic mass is 10.1. The highest BCUT2D eigenvalue weighted by atomic mass is 32.1. The number of H-pyrrole nitrogens is 1. The number of carbonyl (C=O) groups excluding carboxylic acids is 1. The number of nitrogens with zero attached hydrogens (tertiary/aromatic N) is 2. The number of benzene rings is 1. The standard InChI is InChI=1S/C19H19N3O3S/c1-3-9-21(12-14-6-5-10-26-14)18(24)13-7-8-16-15(11-13)20-17(23)19(25)22(16)4-2/h3,5-8,10-11H,1,4,9,12H2,2H3,(H,20,23). The number of aromatic amines is 1. The number of thiophene rings is 1. The summed E-state index contributed by atoms with van der Waals surface area (Å²) in [6.45, 7) is 6.81. The van der Waals surface area contributed by atoms with Gasteiger partial charge in [-0.1, -0.05) is 12.1 Å². The molecule has 1 aromatic carbocycles. The Labute approximate surface area is 154 Å². The Morgan fingerprint density at radius 1 is 1.35 bits per heavy atom. The fourth-order valence-electron chi connectivity index (χ4n) is 2.87. The maximum absolute atomic E-state index is 12.9. The number of hydrogen-bond donors (Lipinski definition) is 1. The minimum Gasteiger partial charge on any atom is -0.330 e. The van der Waals surface area contributed by atoms with E-state index in [-0.39, 0.29) is 5.91 Å². The first-order chi connectivity index (χ1) is 12.5. The first-order valence-corrected chi connectivity index (χ1v) is 9.12. The molecule has 3 rings (SSSR count). The maximum Gasteiger partial charge on any atom is 0.316 e. The van der Waals surface area contributed by atoms with Gasteiger partial charge in [-0.3, -0.25) is 14.4 Å². The Kier molecular flexibility index (Phi) is 5.18. The summed E-state index contributed by atoms with van der Waals surface area (Å²) < 4.78 is 1.40. The molecular weight excluding hydrogens is 350 g/mol. The van der Waals surface area contributed by atoms with E-state index in [1.165, 1.54) is 4.57 Å². The molecule has 1 N–H and O–H groups in total. The highest BCUT2D eigenvalue weighted by Gasteiger charge is 2.17. The number of hydrogen-bond acceptors (Lipinski definition) is 4. The van der Waals surface area contributed by atoms with Crippen molar-refractivity contribution >= 4 is 28.3 Å². The maximum atomic E-state index is 12.9. The normalized spacial score (nSPS) is 10.8. The van der Waals surface area contributed by atoms with Crippen molar-refractivity contribution in [1.82, 2.24) is 14.5 Å². The van der Waals surface area contributed by atoms with Gasteiger partial charge >= 0.3 is 11.1 Å². The third-order valence-electron chi connectivity index (χ3n) is 4.10. The van der Waals surface area contributed by atoms with E-state index < -0.39 is 11.1 Å². The van der Waals surface area contributed by atoms with Gasteiger partial charge in [-0.15, -0.1) is 17.9 Å². The van der Waals surface area contributed by atoms with Crippen LogP contribution in [0.2, 0.25) is 0 Å². The second kappa shape index (κ2) is 7.53. The van der Waals surface area contributed by atoms with Gasteiger partial charge in [-0.2, -0.15) is 0 Å². The summed E-state index contributed by atoms with van der Waals surface area (Å²) in [6.07, 6.45) is 1.68. The number of fused-ring (bicyclic) bond motifs is 1. The summed E-state index contributed by atoms with van der Waals surface area (Å²) in [6, 6.07) is 8.92. The molecule has 7 heteroatoms. The van der Waals surface area contributed by atoms with Crippen LogP contribution in [0.5, 0.6) is 0 Å². The zero-order valence-corrected chi connectivity index (χ0v) is 15.2. The molecule has 134 valence electrons. The SMILES string of the molecule is C=CCN(Cc1cccs1)C(=O)c1ccc2c(c1)[nH]c(=O)c(=O)n2CC. The summed E-state index contributed by atoms with van der Waals surface area (Å²) >= 11 is 1.59. The van der Waals surface area contributed by atoms with Crippen LogP contribution in [0.25, 0.3) is 11.0 Å². The molecule has 2 aromatic heterocycles. The second-order valence-corrected chi connectivity index (χ2v) is 6.82. The van der Waals surface area contributed by atoms with Gasteiger partial charge in [0.05, 0.1) is 17.6 Å². The first-order valence-electron chi connectivity index (χ1n) is 8.24. The molecule has 6 nitrogen and oxygen atoms in total. The monoisotopic (exact) mass is 369 g/mol. The van der Waals surface area contributed by atoms with Gasteiger partial charge in [-0.05, 0) is 36.6 Å². The van der Waals surface area contributed by atoms with Crippen LogP contribution in [0.1, 0.15) is 22.2 Å². The Hall–Kier alpha value is -2.93. The Bertz CT molecular complexity index is 1060. The molecular formula is C19H19N3O3S. The average molecular weight is 369 g/mol. The number of nitrogens with one attached hydrogen (secondary N) is 1. The number of aryl methyl sites for hydroxylation is 1. The molecule has 2 heterocycles. The summed E-state index contributed by atoms with van der Waals surface area (Å²) in [5.74, 6) is -0.157. The summed E-state index contributed by atoms with van der Waals surface area (Å²) in [5, 5.41) is 1.97. The van der Waals surface area contributed by atoms with E-state index in [2.05, 4.69) is 11.6 Å². The van der Waals surface area contributed by atoms with Crippen molar-refractivity contribution in [2.45, 2.75) is 20.0 Å². The highest BCUT2D eigenvalue weighted by molar-refractivity contribution is 7.09. The molecule has 0 atom stereocenters. The number of rotatable bonds is 6. The zero-order valence-electron chi connectivity index (χ0n) is 14.4. The van der Waals surface area contributed by atoms with Crippen molar-refractivity contribution in [2.75, 3.05) is 6.54 Å². The van der Waals surface area contributed by atoms with Crippen molar-refractivity contribution < 1.29 is 4.79 Å². The minimum absolute atomic E-state index is 0.157. The third-order valence-corrected chi connectivity index (χ3v) is 4.96. The summed E-state index contributed by atoms with van der Waals surface area (Å²) in [4.78, 5) is 42.0. The van der Waals surface area contributed by atoms with E-state index in [0.29, 0.717) is 36.2 Å². The van der Waals surface area contributed by atoms with Gasteiger partial charge in [0.2, 0.25) is 0 Å². The van der Waals surface area contributed by atoms with E-state index in [9.17, 15) is 14.4 Å². The second-order valence-electron chi connectivity index (χ2n) is 5.79. The van der Waals surface area contributed by atoms with Gasteiger partial charge in [0.1, 0.15) is 0 Å². The Morgan fingerprint density at radius 3 is 2.81 bits per heavy atom. The molecule has 0 unspecified atom stereocenters. The summed E-state index contributed by atoms with van der Waals surface area (Å²) in [7, 11) is 0. The molecule has 0 radical (unpaired) electrons. The van der Waals surface area contributed by atoms with E-state index in [1.807, 2.05) is 17.5 Å². The van der Waals surface area contributed by atoms with Crippen LogP contribution < -0.4 is 11.1 Å². The molecule has 0 bridgehead atoms. The number of aromatic nitrogens is 2. The molecule has 3 aromatic rings. The quantitative estimate of drug-likeness (QED) is 0.536. The van der Waals surface area contributed by atoms with Gasteiger partial charge < -0.3 is 14.5 Å². The van der Waals surface area contributed by atoms with E-state index in [4.69, 9.17) is 0 Å². The van der Waals surface area contributed by atoms with Crippen LogP contribution in [-0.2, 0) is 13.1 Å². The van der Waals surface area contributed by atoms with Crippen LogP contribution in [0.3, 0.4) is 0 Å². The van der Waals surface area contributed by atoms with Gasteiger partial charge in [-0.25, -0.2) is 0 Å². The molecule has 0 saturated carbocycles. The van der Waals surface area contributed by atoms with Crippen LogP contribution in [0.15, 0.2) is 58.0 Å². The molecule has 0 spiro atoms. The fraction of sp³-hybridized carbons (Fsp3) is 0.211. The van der Waals surface area contributed by atoms with E-state index in [0.717, 1.165) is 4.88 Å². The smallest absolute Gasteiger partial charge is 0.316 e. The lowest BCUT2D eigenvalue weighted by molar-refractivity contribution is 0.0764. The topological polar surface area (TPSA) is 75.2 Å². The van der Waals surface area contributed by atoms with Gasteiger partial charge in [0.15, 0.2) is 0 Å². The molecule has 0 aliphatic carbocycles. The average Bonchev–Trinajstić information content (AvgIpc) is 3.14. The molecule has 26 heavy (non-hydrogen) atoms. The van der Waals surface area contributed by atoms with Crippen LogP contribution in [0.4, 0.5) is 0 Å². The predicted octanol–water partition coefficient (Wildman–Crippen LogP) is 2.60. The molecule has 0 aliphatic heterocycles. The van der Waals surface area contributed by atoms with Crippen LogP contribution in [0, 0.1) is 0 Å². The molecule has 0 fully saturated rings. The largest absolute Gasteiger partial charge is 0.330 e. The summed E-state index contributed by atoms with van der Waals surface area (Å²) in [5.41, 5.74) is 0.238. The van der Waals surface area contributed by atoms with Crippen molar-refractivity contribution in [3.05, 3.63) is 79.5 Å². The fourth-order valence-corrected chi connectivity index (χ4v) is 3.59. The van der Waals surface area contributed by atoms with Crippen molar-refractivity contribution in [2.24, 2.45) is 0 Å². The number of amides is 1. The molecule has 0 aliphatic rings.